The van der Waals surface area contributed by atoms with Crippen LogP contribution >= 0.6 is 24.0 Å². The van der Waals surface area contributed by atoms with Crippen molar-refractivity contribution in [3.05, 3.63) is 34.3 Å². The van der Waals surface area contributed by atoms with Gasteiger partial charge in [-0.3, -0.25) is 5.32 Å². The number of terminal acetylenes is 1. The molecule has 1 atom stereocenters. The molecular weight excluding hydrogens is 229 g/mol. The van der Waals surface area contributed by atoms with Gasteiger partial charge < -0.3 is 0 Å². The Balaban J connectivity index is 0.00000112. The molecule has 1 N–H and O–H groups in total. The lowest BCUT2D eigenvalue weighted by molar-refractivity contribution is 0.568. The van der Waals surface area contributed by atoms with Gasteiger partial charge in [0.15, 0.2) is 0 Å². The summed E-state index contributed by atoms with van der Waals surface area (Å²) in [4.78, 5) is 0. The second-order valence-electron chi connectivity index (χ2n) is 3.52. The van der Waals surface area contributed by atoms with Crippen LogP contribution in [0.25, 0.3) is 0 Å². The highest BCUT2D eigenvalue weighted by molar-refractivity contribution is 6.30. The van der Waals surface area contributed by atoms with Gasteiger partial charge in [0.05, 0.1) is 6.54 Å². The van der Waals surface area contributed by atoms with E-state index in [1.165, 1.54) is 11.1 Å². The van der Waals surface area contributed by atoms with Crippen LogP contribution in [0.15, 0.2) is 18.2 Å². The summed E-state index contributed by atoms with van der Waals surface area (Å²) in [6.07, 6.45) is 7.46. The summed E-state index contributed by atoms with van der Waals surface area (Å²) in [5.74, 6) is 2.60. The molecule has 0 saturated carbocycles. The minimum atomic E-state index is 0. The Morgan fingerprint density at radius 3 is 3.07 bits per heavy atom. The number of benzene rings is 1. The van der Waals surface area contributed by atoms with E-state index < -0.39 is 0 Å². The second-order valence-corrected chi connectivity index (χ2v) is 3.96. The van der Waals surface area contributed by atoms with E-state index in [4.69, 9.17) is 18.0 Å². The molecule has 1 aliphatic carbocycles. The van der Waals surface area contributed by atoms with Gasteiger partial charge in [0, 0.05) is 11.1 Å². The number of hydrogen-bond donors (Lipinski definition) is 1. The van der Waals surface area contributed by atoms with Crippen LogP contribution < -0.4 is 5.32 Å². The number of aryl methyl sites for hydroxylation is 1. The van der Waals surface area contributed by atoms with E-state index >= 15 is 0 Å². The minimum absolute atomic E-state index is 0. The molecule has 0 bridgehead atoms. The van der Waals surface area contributed by atoms with E-state index in [1.807, 2.05) is 12.1 Å². The van der Waals surface area contributed by atoms with E-state index in [0.29, 0.717) is 12.6 Å². The lowest BCUT2D eigenvalue weighted by Crippen LogP contribution is -2.19. The van der Waals surface area contributed by atoms with Crippen LogP contribution in [0.5, 0.6) is 0 Å². The van der Waals surface area contributed by atoms with Gasteiger partial charge in [-0.2, -0.15) is 0 Å². The predicted octanol–water partition coefficient (Wildman–Crippen LogP) is 2.97. The van der Waals surface area contributed by atoms with Crippen molar-refractivity contribution < 1.29 is 0 Å². The van der Waals surface area contributed by atoms with Gasteiger partial charge in [-0.25, -0.2) is 0 Å². The highest BCUT2D eigenvalue weighted by atomic mass is 35.5. The molecule has 3 heteroatoms. The zero-order valence-electron chi connectivity index (χ0n) is 8.29. The van der Waals surface area contributed by atoms with E-state index in [0.717, 1.165) is 17.9 Å². The smallest absolute Gasteiger partial charge is 0.0578 e. The van der Waals surface area contributed by atoms with Crippen LogP contribution in [-0.4, -0.2) is 6.54 Å². The predicted molar refractivity (Wildman–Crippen MR) is 66.6 cm³/mol. The van der Waals surface area contributed by atoms with Crippen molar-refractivity contribution in [3.63, 3.8) is 0 Å². The highest BCUT2D eigenvalue weighted by Crippen LogP contribution is 2.32. The third kappa shape index (κ3) is 2.66. The number of rotatable bonds is 2. The first-order valence-electron chi connectivity index (χ1n) is 4.76. The molecule has 80 valence electrons. The van der Waals surface area contributed by atoms with Gasteiger partial charge in [-0.15, -0.1) is 18.8 Å². The lowest BCUT2D eigenvalue weighted by Gasteiger charge is -2.11. The zero-order chi connectivity index (χ0) is 9.97. The van der Waals surface area contributed by atoms with Crippen molar-refractivity contribution in [2.24, 2.45) is 0 Å². The number of nitrogens with one attached hydrogen (secondary N) is 1. The fraction of sp³-hybridized carbons (Fsp3) is 0.333. The third-order valence-corrected chi connectivity index (χ3v) is 2.87. The molecule has 0 saturated heterocycles. The average Bonchev–Trinajstić information content (AvgIpc) is 2.57. The maximum absolute atomic E-state index is 5.95. The molecule has 15 heavy (non-hydrogen) atoms. The molecule has 1 aromatic rings. The summed E-state index contributed by atoms with van der Waals surface area (Å²) in [5.41, 5.74) is 2.71. The van der Waals surface area contributed by atoms with E-state index in [9.17, 15) is 0 Å². The monoisotopic (exact) mass is 241 g/mol. The fourth-order valence-corrected chi connectivity index (χ4v) is 2.15. The van der Waals surface area contributed by atoms with Gasteiger partial charge >= 0.3 is 0 Å². The van der Waals surface area contributed by atoms with Gasteiger partial charge in [0.1, 0.15) is 0 Å². The van der Waals surface area contributed by atoms with Crippen molar-refractivity contribution in [2.45, 2.75) is 18.9 Å². The topological polar surface area (TPSA) is 12.0 Å². The summed E-state index contributed by atoms with van der Waals surface area (Å²) in [6.45, 7) is 0.622. The van der Waals surface area contributed by atoms with Crippen LogP contribution in [0.1, 0.15) is 23.6 Å². The Morgan fingerprint density at radius 2 is 2.33 bits per heavy atom. The van der Waals surface area contributed by atoms with Crippen molar-refractivity contribution >= 4 is 24.0 Å². The molecule has 1 unspecified atom stereocenters. The molecule has 0 spiro atoms. The molecular formula is C12H13Cl2N. The summed E-state index contributed by atoms with van der Waals surface area (Å²) in [5, 5.41) is 4.12. The van der Waals surface area contributed by atoms with Crippen LogP contribution in [0.2, 0.25) is 5.02 Å². The Kier molecular flexibility index (Phi) is 4.47. The quantitative estimate of drug-likeness (QED) is 0.786. The normalized spacial score (nSPS) is 17.7. The number of fused-ring (bicyclic) bond motifs is 1. The highest BCUT2D eigenvalue weighted by Gasteiger charge is 2.21. The average molecular weight is 242 g/mol. The molecule has 1 aliphatic rings. The van der Waals surface area contributed by atoms with E-state index in [-0.39, 0.29) is 12.4 Å². The minimum Gasteiger partial charge on any atom is -0.299 e. The summed E-state index contributed by atoms with van der Waals surface area (Å²) in [7, 11) is 0. The Morgan fingerprint density at radius 1 is 1.53 bits per heavy atom. The van der Waals surface area contributed by atoms with Gasteiger partial charge in [-0.1, -0.05) is 23.6 Å². The second kappa shape index (κ2) is 5.42. The molecule has 1 aromatic carbocycles. The number of halogens is 2. The fourth-order valence-electron chi connectivity index (χ4n) is 1.97. The third-order valence-electron chi connectivity index (χ3n) is 2.64. The SMILES string of the molecule is C#CCNC1CCc2ccc(Cl)cc21.Cl. The number of hydrogen-bond acceptors (Lipinski definition) is 1. The van der Waals surface area contributed by atoms with Gasteiger partial charge in [0.2, 0.25) is 0 Å². The molecule has 0 amide bonds. The van der Waals surface area contributed by atoms with Crippen LogP contribution in [0.3, 0.4) is 0 Å². The van der Waals surface area contributed by atoms with Crippen molar-refractivity contribution in [2.75, 3.05) is 6.54 Å². The molecule has 0 fully saturated rings. The lowest BCUT2D eigenvalue weighted by atomic mass is 10.1. The summed E-state index contributed by atoms with van der Waals surface area (Å²) < 4.78 is 0. The van der Waals surface area contributed by atoms with Gasteiger partial charge in [0.25, 0.3) is 0 Å². The molecule has 1 nitrogen and oxygen atoms in total. The first kappa shape index (κ1) is 12.4. The van der Waals surface area contributed by atoms with Crippen molar-refractivity contribution in [3.8, 4) is 12.3 Å². The first-order valence-corrected chi connectivity index (χ1v) is 5.14. The first-order chi connectivity index (χ1) is 6.81. The molecule has 0 radical (unpaired) electrons. The summed E-state index contributed by atoms with van der Waals surface area (Å²) >= 11 is 5.95. The van der Waals surface area contributed by atoms with E-state index in [2.05, 4.69) is 17.3 Å². The Labute approximate surface area is 102 Å². The molecule has 0 heterocycles. The molecule has 0 aromatic heterocycles. The van der Waals surface area contributed by atoms with E-state index in [1.54, 1.807) is 0 Å². The molecule has 2 rings (SSSR count). The van der Waals surface area contributed by atoms with Crippen LogP contribution in [-0.2, 0) is 6.42 Å². The molecule has 0 aliphatic heterocycles. The van der Waals surface area contributed by atoms with Crippen molar-refractivity contribution in [1.29, 1.82) is 0 Å². The maximum Gasteiger partial charge on any atom is 0.0578 e. The van der Waals surface area contributed by atoms with Crippen LogP contribution in [0, 0.1) is 12.3 Å². The standard InChI is InChI=1S/C12H12ClN.ClH/c1-2-7-14-12-6-4-9-3-5-10(13)8-11(9)12;/h1,3,5,8,12,14H,4,6-7H2;1H. The Bertz CT molecular complexity index is 382. The Hall–Kier alpha value is -0.680. The van der Waals surface area contributed by atoms with Gasteiger partial charge in [-0.05, 0) is 36.1 Å². The van der Waals surface area contributed by atoms with Crippen molar-refractivity contribution in [1.82, 2.24) is 5.32 Å². The largest absolute Gasteiger partial charge is 0.299 e. The van der Waals surface area contributed by atoms with Crippen LogP contribution in [0.4, 0.5) is 0 Å². The summed E-state index contributed by atoms with van der Waals surface area (Å²) in [6, 6.07) is 6.48. The zero-order valence-corrected chi connectivity index (χ0v) is 9.87. The maximum atomic E-state index is 5.95.